The fourth-order valence-electron chi connectivity index (χ4n) is 4.62. The summed E-state index contributed by atoms with van der Waals surface area (Å²) in [6, 6.07) is 30.1. The van der Waals surface area contributed by atoms with Crippen molar-refractivity contribution in [2.75, 3.05) is 10.2 Å². The highest BCUT2D eigenvalue weighted by Gasteiger charge is 2.40. The van der Waals surface area contributed by atoms with E-state index in [1.54, 1.807) is 78.9 Å². The van der Waals surface area contributed by atoms with Crippen molar-refractivity contribution in [1.29, 1.82) is 0 Å². The van der Waals surface area contributed by atoms with Gasteiger partial charge in [-0.15, -0.1) is 11.8 Å². The maximum atomic E-state index is 13.4. The summed E-state index contributed by atoms with van der Waals surface area (Å²) in [6.45, 7) is 4.21. The fourth-order valence-corrected chi connectivity index (χ4v) is 5.80. The lowest BCUT2D eigenvalue weighted by atomic mass is 10.0. The zero-order valence-electron chi connectivity index (χ0n) is 24.1. The average molecular weight is 624 g/mol. The Labute approximate surface area is 265 Å². The number of nitrogens with zero attached hydrogens (tertiary/aromatic N) is 1. The number of amides is 4. The van der Waals surface area contributed by atoms with Gasteiger partial charge in [0.05, 0.1) is 10.9 Å². The molecule has 4 aromatic rings. The SMILES string of the molecule is CC(C)c1ccc(/C=C(\NC(=O)c2ccccc2)C(=O)Nc2ccc(SC3CC(=O)N(c4ccc(Cl)cc4)C3=O)cc2)cc1. The van der Waals surface area contributed by atoms with E-state index in [1.807, 2.05) is 30.3 Å². The number of anilines is 2. The lowest BCUT2D eigenvalue weighted by Crippen LogP contribution is -2.31. The summed E-state index contributed by atoms with van der Waals surface area (Å²) in [4.78, 5) is 54.0. The Balaban J connectivity index is 1.28. The van der Waals surface area contributed by atoms with E-state index in [-0.39, 0.29) is 23.9 Å². The summed E-state index contributed by atoms with van der Waals surface area (Å²) >= 11 is 7.24. The molecule has 0 aliphatic carbocycles. The number of hydrogen-bond acceptors (Lipinski definition) is 5. The molecule has 1 aliphatic rings. The lowest BCUT2D eigenvalue weighted by Gasteiger charge is -2.15. The molecule has 0 aromatic heterocycles. The maximum absolute atomic E-state index is 13.4. The smallest absolute Gasteiger partial charge is 0.272 e. The first-order valence-corrected chi connectivity index (χ1v) is 15.3. The van der Waals surface area contributed by atoms with Crippen molar-refractivity contribution >= 4 is 64.4 Å². The fraction of sp³-hybridized carbons (Fsp3) is 0.143. The number of halogens is 1. The van der Waals surface area contributed by atoms with Crippen molar-refractivity contribution in [2.45, 2.75) is 36.3 Å². The predicted molar refractivity (Wildman–Crippen MR) is 176 cm³/mol. The Morgan fingerprint density at radius 2 is 1.55 bits per heavy atom. The molecule has 1 heterocycles. The van der Waals surface area contributed by atoms with Gasteiger partial charge in [0.15, 0.2) is 0 Å². The second-order valence-electron chi connectivity index (χ2n) is 10.5. The van der Waals surface area contributed by atoms with Gasteiger partial charge < -0.3 is 10.6 Å². The highest BCUT2D eigenvalue weighted by molar-refractivity contribution is 8.00. The van der Waals surface area contributed by atoms with Crippen LogP contribution in [0.2, 0.25) is 5.02 Å². The molecule has 1 unspecified atom stereocenters. The van der Waals surface area contributed by atoms with Crippen LogP contribution in [0, 0.1) is 0 Å². The number of benzene rings is 4. The molecule has 1 aliphatic heterocycles. The summed E-state index contributed by atoms with van der Waals surface area (Å²) < 4.78 is 0. The van der Waals surface area contributed by atoms with Crippen molar-refractivity contribution in [2.24, 2.45) is 0 Å². The largest absolute Gasteiger partial charge is 0.321 e. The van der Waals surface area contributed by atoms with E-state index in [0.29, 0.717) is 27.9 Å². The molecule has 9 heteroatoms. The van der Waals surface area contributed by atoms with Crippen LogP contribution >= 0.6 is 23.4 Å². The van der Waals surface area contributed by atoms with E-state index in [1.165, 1.54) is 22.2 Å². The topological polar surface area (TPSA) is 95.6 Å². The molecule has 0 bridgehead atoms. The molecular formula is C35H30ClN3O4S. The van der Waals surface area contributed by atoms with Gasteiger partial charge in [-0.3, -0.25) is 19.2 Å². The van der Waals surface area contributed by atoms with Crippen LogP contribution in [0.25, 0.3) is 6.08 Å². The minimum absolute atomic E-state index is 0.0814. The number of carbonyl (C=O) groups excluding carboxylic acids is 4. The average Bonchev–Trinajstić information content (AvgIpc) is 3.30. The normalized spacial score (nSPS) is 15.0. The van der Waals surface area contributed by atoms with Crippen molar-refractivity contribution in [3.63, 3.8) is 0 Å². The number of rotatable bonds is 9. The second kappa shape index (κ2) is 13.8. The van der Waals surface area contributed by atoms with Gasteiger partial charge in [0.2, 0.25) is 11.8 Å². The van der Waals surface area contributed by atoms with E-state index in [9.17, 15) is 19.2 Å². The lowest BCUT2D eigenvalue weighted by molar-refractivity contribution is -0.121. The van der Waals surface area contributed by atoms with E-state index < -0.39 is 17.1 Å². The third-order valence-corrected chi connectivity index (χ3v) is 8.47. The molecule has 4 amide bonds. The van der Waals surface area contributed by atoms with Gasteiger partial charge in [-0.1, -0.05) is 67.9 Å². The molecule has 0 radical (unpaired) electrons. The summed E-state index contributed by atoms with van der Waals surface area (Å²) in [5, 5.41) is 5.55. The Hall–Kier alpha value is -4.66. The van der Waals surface area contributed by atoms with Crippen LogP contribution in [0.4, 0.5) is 11.4 Å². The number of nitrogens with one attached hydrogen (secondary N) is 2. The first-order valence-electron chi connectivity index (χ1n) is 14.1. The Kier molecular flexibility index (Phi) is 9.62. The molecule has 44 heavy (non-hydrogen) atoms. The maximum Gasteiger partial charge on any atom is 0.272 e. The quantitative estimate of drug-likeness (QED) is 0.151. The van der Waals surface area contributed by atoms with Gasteiger partial charge in [-0.25, -0.2) is 4.90 Å². The molecule has 1 atom stereocenters. The zero-order valence-corrected chi connectivity index (χ0v) is 25.7. The molecule has 0 saturated carbocycles. The third-order valence-electron chi connectivity index (χ3n) is 7.02. The first kappa shape index (κ1) is 30.8. The van der Waals surface area contributed by atoms with E-state index in [0.717, 1.165) is 10.5 Å². The number of thioether (sulfide) groups is 1. The minimum atomic E-state index is -0.566. The van der Waals surface area contributed by atoms with E-state index in [4.69, 9.17) is 11.6 Å². The van der Waals surface area contributed by atoms with Crippen LogP contribution in [0.15, 0.2) is 114 Å². The summed E-state index contributed by atoms with van der Waals surface area (Å²) in [5.41, 5.74) is 3.45. The van der Waals surface area contributed by atoms with Crippen LogP contribution in [0.5, 0.6) is 0 Å². The van der Waals surface area contributed by atoms with Crippen molar-refractivity contribution in [3.8, 4) is 0 Å². The molecule has 5 rings (SSSR count). The molecule has 1 fully saturated rings. The summed E-state index contributed by atoms with van der Waals surface area (Å²) in [5.74, 6) is -1.08. The van der Waals surface area contributed by atoms with Gasteiger partial charge in [-0.2, -0.15) is 0 Å². The summed E-state index contributed by atoms with van der Waals surface area (Å²) in [7, 11) is 0. The predicted octanol–water partition coefficient (Wildman–Crippen LogP) is 7.30. The number of carbonyl (C=O) groups is 4. The van der Waals surface area contributed by atoms with Crippen LogP contribution in [0.3, 0.4) is 0 Å². The highest BCUT2D eigenvalue weighted by Crippen LogP contribution is 2.34. The third kappa shape index (κ3) is 7.45. The van der Waals surface area contributed by atoms with Crippen LogP contribution in [0.1, 0.15) is 47.7 Å². The van der Waals surface area contributed by atoms with Crippen molar-refractivity contribution in [3.05, 3.63) is 131 Å². The molecular weight excluding hydrogens is 594 g/mol. The molecule has 7 nitrogen and oxygen atoms in total. The second-order valence-corrected chi connectivity index (χ2v) is 12.2. The van der Waals surface area contributed by atoms with Gasteiger partial charge in [0, 0.05) is 27.6 Å². The summed E-state index contributed by atoms with van der Waals surface area (Å²) in [6.07, 6.45) is 1.72. The van der Waals surface area contributed by atoms with Crippen molar-refractivity contribution in [1.82, 2.24) is 5.32 Å². The first-order chi connectivity index (χ1) is 21.2. The molecule has 2 N–H and O–H groups in total. The Morgan fingerprint density at radius 3 is 2.18 bits per heavy atom. The number of hydrogen-bond donors (Lipinski definition) is 2. The van der Waals surface area contributed by atoms with Crippen LogP contribution in [-0.2, 0) is 14.4 Å². The Bertz CT molecular complexity index is 1700. The monoisotopic (exact) mass is 623 g/mol. The Morgan fingerprint density at radius 1 is 0.886 bits per heavy atom. The molecule has 4 aromatic carbocycles. The molecule has 1 saturated heterocycles. The van der Waals surface area contributed by atoms with Gasteiger partial charge >= 0.3 is 0 Å². The zero-order chi connectivity index (χ0) is 31.2. The van der Waals surface area contributed by atoms with Crippen LogP contribution < -0.4 is 15.5 Å². The van der Waals surface area contributed by atoms with E-state index in [2.05, 4.69) is 24.5 Å². The van der Waals surface area contributed by atoms with Gasteiger partial charge in [0.1, 0.15) is 5.70 Å². The van der Waals surface area contributed by atoms with Crippen molar-refractivity contribution < 1.29 is 19.2 Å². The highest BCUT2D eigenvalue weighted by atomic mass is 35.5. The molecule has 0 spiro atoms. The van der Waals surface area contributed by atoms with E-state index >= 15 is 0 Å². The standard InChI is InChI=1S/C35H30ClN3O4S/c1-22(2)24-10-8-23(9-11-24)20-30(38-33(41)25-6-4-3-5-7-25)34(42)37-27-14-18-29(19-15-27)44-31-21-32(40)39(35(31)43)28-16-12-26(36)13-17-28/h3-20,22,31H,21H2,1-2H3,(H,37,42)(H,38,41)/b30-20-. The van der Waals surface area contributed by atoms with Gasteiger partial charge in [-0.05, 0) is 83.8 Å². The number of imide groups is 1. The van der Waals surface area contributed by atoms with Gasteiger partial charge in [0.25, 0.3) is 11.8 Å². The minimum Gasteiger partial charge on any atom is -0.321 e. The molecule has 222 valence electrons. The van der Waals surface area contributed by atoms with Crippen LogP contribution in [-0.4, -0.2) is 28.9 Å².